The van der Waals surface area contributed by atoms with Crippen LogP contribution in [0.1, 0.15) is 30.5 Å². The van der Waals surface area contributed by atoms with E-state index in [0.29, 0.717) is 51.4 Å². The highest BCUT2D eigenvalue weighted by molar-refractivity contribution is 5.95. The van der Waals surface area contributed by atoms with Crippen molar-refractivity contribution < 1.29 is 14.6 Å². The molecule has 9 heteroatoms. The van der Waals surface area contributed by atoms with Gasteiger partial charge in [-0.3, -0.25) is 4.79 Å². The Labute approximate surface area is 240 Å². The lowest BCUT2D eigenvalue weighted by atomic mass is 10.0. The third-order valence-electron chi connectivity index (χ3n) is 9.34. The first-order valence-corrected chi connectivity index (χ1v) is 15.0. The lowest BCUT2D eigenvalue weighted by Gasteiger charge is -2.38. The average molecular weight is 555 g/mol. The van der Waals surface area contributed by atoms with Crippen LogP contribution < -0.4 is 19.9 Å². The Hall–Kier alpha value is -3.85. The van der Waals surface area contributed by atoms with Gasteiger partial charge in [-0.1, -0.05) is 30.8 Å². The Balaban J connectivity index is 1.13. The maximum atomic E-state index is 12.2. The quantitative estimate of drug-likeness (QED) is 0.323. The summed E-state index contributed by atoms with van der Waals surface area (Å²) < 4.78 is 6.17. The van der Waals surface area contributed by atoms with Crippen molar-refractivity contribution in [2.45, 2.75) is 38.3 Å². The van der Waals surface area contributed by atoms with Crippen LogP contribution >= 0.6 is 0 Å². The van der Waals surface area contributed by atoms with Crippen LogP contribution in [0.4, 0.5) is 11.5 Å². The highest BCUT2D eigenvalue weighted by Gasteiger charge is 2.47. The number of amides is 1. The Bertz CT molecular complexity index is 1470. The van der Waals surface area contributed by atoms with E-state index in [4.69, 9.17) is 14.7 Å². The van der Waals surface area contributed by atoms with Crippen molar-refractivity contribution in [2.75, 3.05) is 55.7 Å². The molecule has 2 aliphatic carbocycles. The zero-order chi connectivity index (χ0) is 27.9. The zero-order valence-corrected chi connectivity index (χ0v) is 23.5. The van der Waals surface area contributed by atoms with Gasteiger partial charge in [-0.15, -0.1) is 0 Å². The lowest BCUT2D eigenvalue weighted by Crippen LogP contribution is -2.49. The molecule has 1 aromatic heterocycles. The Morgan fingerprint density at radius 2 is 1.95 bits per heavy atom. The number of benzene rings is 2. The number of piperazine rings is 1. The number of phenols is 1. The van der Waals surface area contributed by atoms with E-state index in [1.165, 1.54) is 25.3 Å². The van der Waals surface area contributed by atoms with Gasteiger partial charge in [-0.05, 0) is 55.0 Å². The van der Waals surface area contributed by atoms with Crippen molar-refractivity contribution >= 4 is 28.2 Å². The molecule has 0 radical (unpaired) electrons. The van der Waals surface area contributed by atoms with Gasteiger partial charge in [-0.25, -0.2) is 0 Å². The van der Waals surface area contributed by atoms with Gasteiger partial charge >= 0.3 is 6.01 Å². The molecular weight excluding hydrogens is 516 g/mol. The third-order valence-corrected chi connectivity index (χ3v) is 9.34. The number of anilines is 2. The molecule has 3 unspecified atom stereocenters. The van der Waals surface area contributed by atoms with Crippen LogP contribution in [0.15, 0.2) is 49.1 Å². The summed E-state index contributed by atoms with van der Waals surface area (Å²) in [4.78, 5) is 28.4. The molecule has 2 aromatic carbocycles. The molecule has 9 nitrogen and oxygen atoms in total. The summed E-state index contributed by atoms with van der Waals surface area (Å²) in [5.74, 6) is 2.97. The van der Waals surface area contributed by atoms with E-state index in [1.54, 1.807) is 0 Å². The molecule has 2 saturated carbocycles. The highest BCUT2D eigenvalue weighted by Crippen LogP contribution is 2.51. The van der Waals surface area contributed by atoms with E-state index in [9.17, 15) is 9.90 Å². The summed E-state index contributed by atoms with van der Waals surface area (Å²) in [6.45, 7) is 9.02. The maximum Gasteiger partial charge on any atom is 0.318 e. The molecule has 2 N–H and O–H groups in total. The number of hydrogen-bond acceptors (Lipinski definition) is 8. The van der Waals surface area contributed by atoms with Crippen molar-refractivity contribution in [1.82, 2.24) is 20.2 Å². The number of aromatic hydroxyl groups is 1. The van der Waals surface area contributed by atoms with Gasteiger partial charge in [0.05, 0.1) is 12.2 Å². The highest BCUT2D eigenvalue weighted by atomic mass is 16.5. The molecule has 3 fully saturated rings. The molecule has 4 aliphatic rings. The SMILES string of the molecule is C=CC(=O)N1CCN(c2nc(OCCNC3CCC4CC43)nc3c2CCN(c2cc(O)cc4ccccc24)C3)CC1. The molecular formula is C32H38N6O3. The average Bonchev–Trinajstić information content (AvgIpc) is 3.68. The first-order valence-electron chi connectivity index (χ1n) is 15.0. The second-order valence-electron chi connectivity index (χ2n) is 11.8. The molecule has 1 amide bonds. The maximum absolute atomic E-state index is 12.2. The summed E-state index contributed by atoms with van der Waals surface area (Å²) in [5, 5.41) is 16.3. The summed E-state index contributed by atoms with van der Waals surface area (Å²) >= 11 is 0. The molecule has 214 valence electrons. The number of carbonyl (C=O) groups is 1. The fourth-order valence-electron chi connectivity index (χ4n) is 7.07. The number of hydrogen-bond donors (Lipinski definition) is 2. The minimum absolute atomic E-state index is 0.0281. The number of carbonyl (C=O) groups excluding carboxylic acids is 1. The molecule has 0 spiro atoms. The number of nitrogens with one attached hydrogen (secondary N) is 1. The van der Waals surface area contributed by atoms with Gasteiger partial charge in [-0.2, -0.15) is 9.97 Å². The number of nitrogens with zero attached hydrogens (tertiary/aromatic N) is 5. The monoisotopic (exact) mass is 554 g/mol. The van der Waals surface area contributed by atoms with Gasteiger partial charge in [0.2, 0.25) is 5.91 Å². The van der Waals surface area contributed by atoms with E-state index < -0.39 is 0 Å². The predicted octanol–water partition coefficient (Wildman–Crippen LogP) is 3.50. The number of phenolic OH excluding ortho intramolecular Hbond substituents is 1. The van der Waals surface area contributed by atoms with Crippen LogP contribution in [0.5, 0.6) is 11.8 Å². The molecule has 3 atom stereocenters. The van der Waals surface area contributed by atoms with Crippen molar-refractivity contribution in [1.29, 1.82) is 0 Å². The summed E-state index contributed by atoms with van der Waals surface area (Å²) in [6, 6.07) is 12.9. The lowest BCUT2D eigenvalue weighted by molar-refractivity contribution is -0.126. The standard InChI is InChI=1S/C32H38N6O3/c1-2-30(40)36-12-14-37(15-13-36)31-25-9-11-38(29-19-23(39)17-21-5-3-4-6-24(21)29)20-28(25)34-32(35-31)41-16-10-33-27-8-7-22-18-26(22)27/h2-6,17,19,22,26-27,33,39H,1,7-16,18,20H2. The first-order chi connectivity index (χ1) is 20.1. The van der Waals surface area contributed by atoms with Gasteiger partial charge in [0.1, 0.15) is 18.2 Å². The van der Waals surface area contributed by atoms with Crippen LogP contribution in [0, 0.1) is 11.8 Å². The minimum atomic E-state index is -0.0281. The summed E-state index contributed by atoms with van der Waals surface area (Å²) in [6.07, 6.45) is 6.18. The summed E-state index contributed by atoms with van der Waals surface area (Å²) in [5.41, 5.74) is 3.10. The zero-order valence-electron chi connectivity index (χ0n) is 23.5. The smallest absolute Gasteiger partial charge is 0.318 e. The normalized spacial score (nSPS) is 23.3. The largest absolute Gasteiger partial charge is 0.508 e. The fraction of sp³-hybridized carbons (Fsp3) is 0.469. The van der Waals surface area contributed by atoms with E-state index in [0.717, 1.165) is 64.9 Å². The first kappa shape index (κ1) is 26.1. The Morgan fingerprint density at radius 3 is 2.73 bits per heavy atom. The second-order valence-corrected chi connectivity index (χ2v) is 11.8. The summed E-state index contributed by atoms with van der Waals surface area (Å²) in [7, 11) is 0. The molecule has 0 bridgehead atoms. The van der Waals surface area contributed by atoms with Crippen LogP contribution in [0.25, 0.3) is 10.8 Å². The third kappa shape index (κ3) is 5.19. The van der Waals surface area contributed by atoms with Crippen molar-refractivity contribution in [2.24, 2.45) is 11.8 Å². The van der Waals surface area contributed by atoms with Gasteiger partial charge in [0.25, 0.3) is 0 Å². The Kier molecular flexibility index (Phi) is 6.90. The van der Waals surface area contributed by atoms with Gasteiger partial charge in [0.15, 0.2) is 0 Å². The molecule has 41 heavy (non-hydrogen) atoms. The van der Waals surface area contributed by atoms with Crippen molar-refractivity contribution in [3.63, 3.8) is 0 Å². The molecule has 7 rings (SSSR count). The molecule has 3 aromatic rings. The number of ether oxygens (including phenoxy) is 1. The fourth-order valence-corrected chi connectivity index (χ4v) is 7.07. The minimum Gasteiger partial charge on any atom is -0.508 e. The molecule has 3 heterocycles. The van der Waals surface area contributed by atoms with Crippen LogP contribution in [0.2, 0.25) is 0 Å². The van der Waals surface area contributed by atoms with Gasteiger partial charge < -0.3 is 29.9 Å². The van der Waals surface area contributed by atoms with Gasteiger partial charge in [0, 0.05) is 68.0 Å². The number of aromatic nitrogens is 2. The molecule has 2 aliphatic heterocycles. The van der Waals surface area contributed by atoms with E-state index in [-0.39, 0.29) is 11.7 Å². The van der Waals surface area contributed by atoms with E-state index >= 15 is 0 Å². The van der Waals surface area contributed by atoms with Crippen LogP contribution in [0.3, 0.4) is 0 Å². The van der Waals surface area contributed by atoms with Crippen molar-refractivity contribution in [3.8, 4) is 11.8 Å². The van der Waals surface area contributed by atoms with Crippen LogP contribution in [-0.2, 0) is 17.8 Å². The van der Waals surface area contributed by atoms with E-state index in [1.807, 2.05) is 35.2 Å². The second kappa shape index (κ2) is 10.9. The van der Waals surface area contributed by atoms with Crippen molar-refractivity contribution in [3.05, 3.63) is 60.3 Å². The van der Waals surface area contributed by atoms with Crippen LogP contribution in [-0.4, -0.2) is 77.8 Å². The van der Waals surface area contributed by atoms with E-state index in [2.05, 4.69) is 27.8 Å². The predicted molar refractivity (Wildman–Crippen MR) is 160 cm³/mol. The number of fused-ring (bicyclic) bond motifs is 3. The topological polar surface area (TPSA) is 94.1 Å². The number of rotatable bonds is 8. The Morgan fingerprint density at radius 1 is 1.10 bits per heavy atom. The molecule has 1 saturated heterocycles.